The predicted octanol–water partition coefficient (Wildman–Crippen LogP) is 0.338. The molecular weight excluding hydrogens is 314 g/mol. The van der Waals surface area contributed by atoms with E-state index in [-0.39, 0.29) is 24.4 Å². The molecule has 0 radical (unpaired) electrons. The standard InChI is InChI=1S/C13H25N3O3S.ClH/c1-20(18,19)15-10-12-4-2-3-7-16(12)13(17)8-11-5-6-14-9-11;/h11-12,14-15H,2-10H2,1H3;1H. The van der Waals surface area contributed by atoms with Crippen molar-refractivity contribution in [3.8, 4) is 0 Å². The largest absolute Gasteiger partial charge is 0.338 e. The summed E-state index contributed by atoms with van der Waals surface area (Å²) >= 11 is 0. The molecule has 2 saturated heterocycles. The summed E-state index contributed by atoms with van der Waals surface area (Å²) in [5, 5.41) is 3.27. The molecule has 2 atom stereocenters. The maximum absolute atomic E-state index is 12.4. The minimum atomic E-state index is -3.19. The number of rotatable bonds is 5. The maximum Gasteiger partial charge on any atom is 0.223 e. The lowest BCUT2D eigenvalue weighted by Crippen LogP contribution is -2.49. The number of likely N-dealkylation sites (tertiary alicyclic amines) is 1. The van der Waals surface area contributed by atoms with Crippen LogP contribution in [-0.4, -0.2) is 57.7 Å². The van der Waals surface area contributed by atoms with Crippen LogP contribution in [0.25, 0.3) is 0 Å². The fraction of sp³-hybridized carbons (Fsp3) is 0.923. The van der Waals surface area contributed by atoms with E-state index in [1.165, 1.54) is 0 Å². The summed E-state index contributed by atoms with van der Waals surface area (Å²) in [6, 6.07) is 0.0142. The Labute approximate surface area is 133 Å². The number of nitrogens with zero attached hydrogens (tertiary/aromatic N) is 1. The van der Waals surface area contributed by atoms with E-state index in [0.29, 0.717) is 18.9 Å². The summed E-state index contributed by atoms with van der Waals surface area (Å²) in [7, 11) is -3.19. The fourth-order valence-corrected chi connectivity index (χ4v) is 3.54. The van der Waals surface area contributed by atoms with Gasteiger partial charge in [-0.2, -0.15) is 0 Å². The van der Waals surface area contributed by atoms with E-state index >= 15 is 0 Å². The summed E-state index contributed by atoms with van der Waals surface area (Å²) in [4.78, 5) is 14.3. The molecule has 124 valence electrons. The van der Waals surface area contributed by atoms with E-state index in [1.807, 2.05) is 4.90 Å². The van der Waals surface area contributed by atoms with Crippen LogP contribution in [0.4, 0.5) is 0 Å². The van der Waals surface area contributed by atoms with Crippen LogP contribution >= 0.6 is 12.4 Å². The second-order valence-electron chi connectivity index (χ2n) is 5.92. The first-order valence-corrected chi connectivity index (χ1v) is 9.29. The van der Waals surface area contributed by atoms with Crippen molar-refractivity contribution >= 4 is 28.3 Å². The van der Waals surface area contributed by atoms with Crippen molar-refractivity contribution in [2.45, 2.75) is 38.1 Å². The van der Waals surface area contributed by atoms with Crippen LogP contribution in [0.5, 0.6) is 0 Å². The lowest BCUT2D eigenvalue weighted by atomic mass is 9.99. The number of halogens is 1. The van der Waals surface area contributed by atoms with Crippen LogP contribution in [0.2, 0.25) is 0 Å². The fourth-order valence-electron chi connectivity index (χ4n) is 3.04. The zero-order valence-corrected chi connectivity index (χ0v) is 14.1. The Hall–Kier alpha value is -0.370. The van der Waals surface area contributed by atoms with Gasteiger partial charge in [0.1, 0.15) is 0 Å². The molecule has 0 aromatic rings. The molecular formula is C13H26ClN3O3S. The summed E-state index contributed by atoms with van der Waals surface area (Å²) < 4.78 is 24.9. The van der Waals surface area contributed by atoms with E-state index in [9.17, 15) is 13.2 Å². The van der Waals surface area contributed by atoms with Crippen LogP contribution in [0.15, 0.2) is 0 Å². The summed E-state index contributed by atoms with van der Waals surface area (Å²) in [6.07, 6.45) is 5.77. The highest BCUT2D eigenvalue weighted by atomic mass is 35.5. The molecule has 2 unspecified atom stereocenters. The maximum atomic E-state index is 12.4. The Morgan fingerprint density at radius 2 is 2.10 bits per heavy atom. The summed E-state index contributed by atoms with van der Waals surface area (Å²) in [6.45, 7) is 3.02. The molecule has 2 aliphatic heterocycles. The summed E-state index contributed by atoms with van der Waals surface area (Å²) in [5.74, 6) is 0.617. The van der Waals surface area contributed by atoms with E-state index < -0.39 is 10.0 Å². The monoisotopic (exact) mass is 339 g/mol. The predicted molar refractivity (Wildman–Crippen MR) is 85.0 cm³/mol. The van der Waals surface area contributed by atoms with Gasteiger partial charge >= 0.3 is 0 Å². The Morgan fingerprint density at radius 3 is 2.71 bits per heavy atom. The zero-order valence-electron chi connectivity index (χ0n) is 12.5. The van der Waals surface area contributed by atoms with E-state index in [0.717, 1.165) is 51.6 Å². The third-order valence-corrected chi connectivity index (χ3v) is 4.85. The molecule has 21 heavy (non-hydrogen) atoms. The van der Waals surface area contributed by atoms with E-state index in [4.69, 9.17) is 0 Å². The van der Waals surface area contributed by atoms with Crippen molar-refractivity contribution in [1.29, 1.82) is 0 Å². The molecule has 1 amide bonds. The Morgan fingerprint density at radius 1 is 1.33 bits per heavy atom. The number of carbonyl (C=O) groups excluding carboxylic acids is 1. The Kier molecular flexibility index (Phi) is 7.39. The minimum absolute atomic E-state index is 0. The first kappa shape index (κ1) is 18.7. The first-order valence-electron chi connectivity index (χ1n) is 7.40. The molecule has 0 saturated carbocycles. The minimum Gasteiger partial charge on any atom is -0.338 e. The molecule has 0 aliphatic carbocycles. The van der Waals surface area contributed by atoms with Gasteiger partial charge in [-0.05, 0) is 44.7 Å². The number of nitrogens with one attached hydrogen (secondary N) is 2. The third kappa shape index (κ3) is 6.10. The van der Waals surface area contributed by atoms with Gasteiger partial charge in [0.25, 0.3) is 0 Å². The first-order chi connectivity index (χ1) is 9.46. The second-order valence-corrected chi connectivity index (χ2v) is 7.75. The molecule has 2 fully saturated rings. The second kappa shape index (κ2) is 8.31. The van der Waals surface area contributed by atoms with Crippen LogP contribution < -0.4 is 10.0 Å². The SMILES string of the molecule is CS(=O)(=O)NCC1CCCCN1C(=O)CC1CCNC1.Cl. The van der Waals surface area contributed by atoms with Gasteiger partial charge in [-0.25, -0.2) is 13.1 Å². The van der Waals surface area contributed by atoms with Crippen molar-refractivity contribution in [2.75, 3.05) is 32.4 Å². The van der Waals surface area contributed by atoms with Gasteiger partial charge in [0.15, 0.2) is 0 Å². The molecule has 8 heteroatoms. The van der Waals surface area contributed by atoms with E-state index in [2.05, 4.69) is 10.0 Å². The smallest absolute Gasteiger partial charge is 0.223 e. The number of hydrogen-bond acceptors (Lipinski definition) is 4. The van der Waals surface area contributed by atoms with Crippen molar-refractivity contribution in [1.82, 2.24) is 14.9 Å². The van der Waals surface area contributed by atoms with E-state index in [1.54, 1.807) is 0 Å². The van der Waals surface area contributed by atoms with Gasteiger partial charge in [0, 0.05) is 25.6 Å². The molecule has 2 aliphatic rings. The molecule has 0 spiro atoms. The van der Waals surface area contributed by atoms with Crippen LogP contribution in [0.1, 0.15) is 32.1 Å². The lowest BCUT2D eigenvalue weighted by molar-refractivity contribution is -0.135. The number of sulfonamides is 1. The van der Waals surface area contributed by atoms with Crippen molar-refractivity contribution in [3.63, 3.8) is 0 Å². The Bertz CT molecular complexity index is 438. The molecule has 0 bridgehead atoms. The number of amides is 1. The highest BCUT2D eigenvalue weighted by Gasteiger charge is 2.29. The van der Waals surface area contributed by atoms with Gasteiger partial charge in [0.2, 0.25) is 15.9 Å². The lowest BCUT2D eigenvalue weighted by Gasteiger charge is -2.36. The highest BCUT2D eigenvalue weighted by molar-refractivity contribution is 7.88. The quantitative estimate of drug-likeness (QED) is 0.757. The number of hydrogen-bond donors (Lipinski definition) is 2. The zero-order chi connectivity index (χ0) is 14.6. The van der Waals surface area contributed by atoms with Gasteiger partial charge in [0.05, 0.1) is 6.26 Å². The molecule has 2 N–H and O–H groups in total. The Balaban J connectivity index is 0.00000220. The number of carbonyl (C=O) groups is 1. The van der Waals surface area contributed by atoms with Crippen LogP contribution in [0.3, 0.4) is 0 Å². The summed E-state index contributed by atoms with van der Waals surface area (Å²) in [5.41, 5.74) is 0. The van der Waals surface area contributed by atoms with Crippen LogP contribution in [-0.2, 0) is 14.8 Å². The van der Waals surface area contributed by atoms with Crippen LogP contribution in [0, 0.1) is 5.92 Å². The highest BCUT2D eigenvalue weighted by Crippen LogP contribution is 2.21. The number of piperidine rings is 1. The molecule has 0 aromatic carbocycles. The molecule has 2 heterocycles. The average Bonchev–Trinajstić information content (AvgIpc) is 2.88. The van der Waals surface area contributed by atoms with Crippen molar-refractivity contribution < 1.29 is 13.2 Å². The van der Waals surface area contributed by atoms with Crippen molar-refractivity contribution in [3.05, 3.63) is 0 Å². The van der Waals surface area contributed by atoms with Gasteiger partial charge in [-0.1, -0.05) is 0 Å². The normalized spacial score (nSPS) is 26.4. The molecule has 2 rings (SSSR count). The molecule has 0 aromatic heterocycles. The van der Waals surface area contributed by atoms with Gasteiger partial charge in [-0.15, -0.1) is 12.4 Å². The molecule has 6 nitrogen and oxygen atoms in total. The average molecular weight is 340 g/mol. The third-order valence-electron chi connectivity index (χ3n) is 4.15. The van der Waals surface area contributed by atoms with Gasteiger partial charge in [-0.3, -0.25) is 4.79 Å². The van der Waals surface area contributed by atoms with Gasteiger partial charge < -0.3 is 10.2 Å². The topological polar surface area (TPSA) is 78.5 Å². The van der Waals surface area contributed by atoms with Crippen molar-refractivity contribution in [2.24, 2.45) is 5.92 Å².